The minimum absolute atomic E-state index is 0.0305. The van der Waals surface area contributed by atoms with Crippen LogP contribution in [0.15, 0.2) is 30.3 Å². The summed E-state index contributed by atoms with van der Waals surface area (Å²) in [5.74, 6) is -0.0737. The van der Waals surface area contributed by atoms with Crippen LogP contribution in [0.4, 0.5) is 0 Å². The minimum Gasteiger partial charge on any atom is -0.481 e. The first-order valence-electron chi connectivity index (χ1n) is 5.69. The molecule has 0 saturated heterocycles. The zero-order valence-corrected chi connectivity index (χ0v) is 11.1. The van der Waals surface area contributed by atoms with Crippen LogP contribution in [0.3, 0.4) is 0 Å². The standard InChI is InChI=1S/C14H16O3S/c1-11(15)18-9-5-4-7-12-6-2-3-8-13(12)10-14(16)17/h2-4,6-8H,5,9-10H2,1H3,(H,16,17). The van der Waals surface area contributed by atoms with Crippen LogP contribution in [0.5, 0.6) is 0 Å². The Labute approximate surface area is 111 Å². The van der Waals surface area contributed by atoms with Crippen molar-refractivity contribution in [1.29, 1.82) is 0 Å². The Hall–Kier alpha value is -1.55. The highest BCUT2D eigenvalue weighted by Crippen LogP contribution is 2.13. The Morgan fingerprint density at radius 1 is 1.33 bits per heavy atom. The lowest BCUT2D eigenvalue weighted by atomic mass is 10.0. The lowest BCUT2D eigenvalue weighted by Gasteiger charge is -2.02. The van der Waals surface area contributed by atoms with Gasteiger partial charge in [0.25, 0.3) is 0 Å². The number of aliphatic carboxylic acids is 1. The molecule has 1 aromatic carbocycles. The summed E-state index contributed by atoms with van der Waals surface area (Å²) in [7, 11) is 0. The first-order valence-corrected chi connectivity index (χ1v) is 6.67. The summed E-state index contributed by atoms with van der Waals surface area (Å²) in [4.78, 5) is 21.4. The maximum atomic E-state index is 10.7. The number of carbonyl (C=O) groups excluding carboxylic acids is 1. The number of hydrogen-bond acceptors (Lipinski definition) is 3. The van der Waals surface area contributed by atoms with Crippen LogP contribution in [0.2, 0.25) is 0 Å². The van der Waals surface area contributed by atoms with Gasteiger partial charge in [-0.05, 0) is 17.5 Å². The molecule has 96 valence electrons. The van der Waals surface area contributed by atoms with E-state index in [0.717, 1.165) is 23.3 Å². The number of thioether (sulfide) groups is 1. The lowest BCUT2D eigenvalue weighted by Crippen LogP contribution is -2.01. The van der Waals surface area contributed by atoms with Gasteiger partial charge >= 0.3 is 5.97 Å². The molecule has 4 heteroatoms. The lowest BCUT2D eigenvalue weighted by molar-refractivity contribution is -0.136. The second kappa shape index (κ2) is 7.71. The molecule has 3 nitrogen and oxygen atoms in total. The van der Waals surface area contributed by atoms with E-state index in [9.17, 15) is 9.59 Å². The maximum absolute atomic E-state index is 10.7. The van der Waals surface area contributed by atoms with Gasteiger partial charge < -0.3 is 5.11 Å². The number of carbonyl (C=O) groups is 2. The minimum atomic E-state index is -0.831. The molecule has 0 aromatic heterocycles. The first-order chi connectivity index (χ1) is 8.59. The fourth-order valence-corrected chi connectivity index (χ4v) is 2.04. The number of hydrogen-bond donors (Lipinski definition) is 1. The van der Waals surface area contributed by atoms with Gasteiger partial charge in [-0.3, -0.25) is 9.59 Å². The van der Waals surface area contributed by atoms with Gasteiger partial charge in [-0.25, -0.2) is 0 Å². The van der Waals surface area contributed by atoms with E-state index < -0.39 is 5.97 Å². The molecule has 0 heterocycles. The molecule has 0 spiro atoms. The molecule has 18 heavy (non-hydrogen) atoms. The van der Waals surface area contributed by atoms with Gasteiger partial charge in [0.15, 0.2) is 5.12 Å². The second-order valence-electron chi connectivity index (χ2n) is 3.80. The van der Waals surface area contributed by atoms with Crippen LogP contribution in [-0.2, 0) is 16.0 Å². The Morgan fingerprint density at radius 2 is 2.06 bits per heavy atom. The topological polar surface area (TPSA) is 54.4 Å². The highest BCUT2D eigenvalue weighted by Gasteiger charge is 2.03. The summed E-state index contributed by atoms with van der Waals surface area (Å²) >= 11 is 1.30. The fraction of sp³-hybridized carbons (Fsp3) is 0.286. The predicted molar refractivity (Wildman–Crippen MR) is 74.6 cm³/mol. The van der Waals surface area contributed by atoms with Crippen molar-refractivity contribution in [3.63, 3.8) is 0 Å². The smallest absolute Gasteiger partial charge is 0.307 e. The summed E-state index contributed by atoms with van der Waals surface area (Å²) in [6.45, 7) is 1.55. The summed E-state index contributed by atoms with van der Waals surface area (Å²) < 4.78 is 0. The van der Waals surface area contributed by atoms with E-state index in [2.05, 4.69) is 0 Å². The summed E-state index contributed by atoms with van der Waals surface area (Å²) in [5.41, 5.74) is 1.73. The number of carboxylic acids is 1. The van der Waals surface area contributed by atoms with Crippen molar-refractivity contribution in [3.8, 4) is 0 Å². The molecule has 0 amide bonds. The van der Waals surface area contributed by atoms with Crippen LogP contribution in [0.25, 0.3) is 6.08 Å². The molecule has 0 atom stereocenters. The van der Waals surface area contributed by atoms with Crippen LogP contribution >= 0.6 is 11.8 Å². The van der Waals surface area contributed by atoms with Gasteiger partial charge in [0, 0.05) is 12.7 Å². The summed E-state index contributed by atoms with van der Waals surface area (Å²) in [6.07, 6.45) is 4.71. The highest BCUT2D eigenvalue weighted by atomic mass is 32.2. The van der Waals surface area contributed by atoms with Crippen LogP contribution in [-0.4, -0.2) is 21.9 Å². The van der Waals surface area contributed by atoms with Crippen LogP contribution in [0, 0.1) is 0 Å². The zero-order chi connectivity index (χ0) is 13.4. The second-order valence-corrected chi connectivity index (χ2v) is 5.07. The molecular weight excluding hydrogens is 248 g/mol. The van der Waals surface area contributed by atoms with E-state index in [1.807, 2.05) is 36.4 Å². The van der Waals surface area contributed by atoms with Gasteiger partial charge in [0.2, 0.25) is 0 Å². The normalized spacial score (nSPS) is 10.7. The fourth-order valence-electron chi connectivity index (χ4n) is 1.50. The Balaban J connectivity index is 2.57. The summed E-state index contributed by atoms with van der Waals surface area (Å²) in [6, 6.07) is 7.43. The molecule has 0 aliphatic carbocycles. The first kappa shape index (κ1) is 14.5. The predicted octanol–water partition coefficient (Wildman–Crippen LogP) is 3.00. The van der Waals surface area contributed by atoms with Crippen molar-refractivity contribution < 1.29 is 14.7 Å². The van der Waals surface area contributed by atoms with Gasteiger partial charge in [-0.2, -0.15) is 0 Å². The van der Waals surface area contributed by atoms with Crippen molar-refractivity contribution in [2.24, 2.45) is 0 Å². The monoisotopic (exact) mass is 264 g/mol. The van der Waals surface area contributed by atoms with E-state index in [1.165, 1.54) is 11.8 Å². The van der Waals surface area contributed by atoms with Crippen LogP contribution < -0.4 is 0 Å². The Morgan fingerprint density at radius 3 is 2.72 bits per heavy atom. The van der Waals surface area contributed by atoms with Crippen molar-refractivity contribution in [1.82, 2.24) is 0 Å². The zero-order valence-electron chi connectivity index (χ0n) is 10.3. The van der Waals surface area contributed by atoms with E-state index in [-0.39, 0.29) is 11.5 Å². The molecule has 0 saturated carbocycles. The van der Waals surface area contributed by atoms with E-state index in [0.29, 0.717) is 0 Å². The molecule has 0 aliphatic heterocycles. The summed E-state index contributed by atoms with van der Waals surface area (Å²) in [5, 5.41) is 8.92. The van der Waals surface area contributed by atoms with E-state index >= 15 is 0 Å². The largest absolute Gasteiger partial charge is 0.481 e. The third kappa shape index (κ3) is 5.68. The number of rotatable bonds is 6. The van der Waals surface area contributed by atoms with Crippen molar-refractivity contribution >= 4 is 28.9 Å². The van der Waals surface area contributed by atoms with Crippen molar-refractivity contribution in [2.75, 3.05) is 5.75 Å². The average molecular weight is 264 g/mol. The SMILES string of the molecule is CC(=O)SCCC=Cc1ccccc1CC(=O)O. The van der Waals surface area contributed by atoms with Gasteiger partial charge in [0.05, 0.1) is 6.42 Å². The molecule has 1 N–H and O–H groups in total. The molecule has 1 rings (SSSR count). The quantitative estimate of drug-likeness (QED) is 0.802. The molecule has 0 unspecified atom stereocenters. The average Bonchev–Trinajstić information content (AvgIpc) is 2.29. The Kier molecular flexibility index (Phi) is 6.22. The van der Waals surface area contributed by atoms with Crippen molar-refractivity contribution in [2.45, 2.75) is 19.8 Å². The highest BCUT2D eigenvalue weighted by molar-refractivity contribution is 8.13. The molecule has 1 aromatic rings. The third-order valence-corrected chi connectivity index (χ3v) is 3.13. The molecule has 0 fully saturated rings. The molecule has 0 bridgehead atoms. The van der Waals surface area contributed by atoms with Gasteiger partial charge in [-0.1, -0.05) is 48.2 Å². The van der Waals surface area contributed by atoms with Gasteiger partial charge in [0.1, 0.15) is 0 Å². The van der Waals surface area contributed by atoms with Gasteiger partial charge in [-0.15, -0.1) is 0 Å². The van der Waals surface area contributed by atoms with Crippen molar-refractivity contribution in [3.05, 3.63) is 41.5 Å². The molecule has 0 radical (unpaired) electrons. The third-order valence-electron chi connectivity index (χ3n) is 2.28. The van der Waals surface area contributed by atoms with E-state index in [4.69, 9.17) is 5.11 Å². The Bertz CT molecular complexity index is 452. The number of benzene rings is 1. The molecular formula is C14H16O3S. The van der Waals surface area contributed by atoms with Crippen LogP contribution in [0.1, 0.15) is 24.5 Å². The number of carboxylic acid groups (broad SMARTS) is 1. The number of allylic oxidation sites excluding steroid dienone is 1. The maximum Gasteiger partial charge on any atom is 0.307 e. The van der Waals surface area contributed by atoms with E-state index in [1.54, 1.807) is 6.92 Å². The molecule has 0 aliphatic rings.